The van der Waals surface area contributed by atoms with Gasteiger partial charge >= 0.3 is 0 Å². The van der Waals surface area contributed by atoms with E-state index < -0.39 is 10.0 Å². The Balaban J connectivity index is 1.54. The van der Waals surface area contributed by atoms with E-state index in [1.807, 2.05) is 6.07 Å². The van der Waals surface area contributed by atoms with E-state index in [2.05, 4.69) is 27.8 Å². The van der Waals surface area contributed by atoms with Crippen LogP contribution in [0.5, 0.6) is 0 Å². The number of benzene rings is 1. The molecule has 0 aromatic heterocycles. The standard InChI is InChI=1S/C19H28N2O2S/c1-2-24(22,23)20-18-13-19(17-6-4-3-5-16(17)18)9-11-21(12-10-19)14-15-7-8-15/h3-6,15,18,20H,2,7-14H2,1H3. The van der Waals surface area contributed by atoms with Crippen molar-refractivity contribution in [2.45, 2.75) is 50.5 Å². The first-order chi connectivity index (χ1) is 11.5. The van der Waals surface area contributed by atoms with Crippen molar-refractivity contribution in [3.05, 3.63) is 35.4 Å². The van der Waals surface area contributed by atoms with Crippen LogP contribution in [0, 0.1) is 5.92 Å². The third-order valence-electron chi connectivity index (χ3n) is 6.23. The van der Waals surface area contributed by atoms with Crippen LogP contribution in [0.4, 0.5) is 0 Å². The summed E-state index contributed by atoms with van der Waals surface area (Å²) in [6, 6.07) is 8.43. The molecule has 1 unspecified atom stereocenters. The fraction of sp³-hybridized carbons (Fsp3) is 0.684. The molecule has 132 valence electrons. The number of piperidine rings is 1. The Morgan fingerprint density at radius 2 is 1.92 bits per heavy atom. The minimum Gasteiger partial charge on any atom is -0.303 e. The van der Waals surface area contributed by atoms with E-state index in [1.54, 1.807) is 6.92 Å². The van der Waals surface area contributed by atoms with Gasteiger partial charge in [0.2, 0.25) is 10.0 Å². The lowest BCUT2D eigenvalue weighted by molar-refractivity contribution is 0.149. The average molecular weight is 349 g/mol. The van der Waals surface area contributed by atoms with Gasteiger partial charge in [0.25, 0.3) is 0 Å². The van der Waals surface area contributed by atoms with Crippen LogP contribution in [-0.4, -0.2) is 38.7 Å². The highest BCUT2D eigenvalue weighted by Crippen LogP contribution is 2.51. The molecule has 4 nitrogen and oxygen atoms in total. The second kappa shape index (κ2) is 6.11. The molecule has 1 atom stereocenters. The summed E-state index contributed by atoms with van der Waals surface area (Å²) >= 11 is 0. The Morgan fingerprint density at radius 1 is 1.21 bits per heavy atom. The Labute approximate surface area is 145 Å². The number of likely N-dealkylation sites (tertiary alicyclic amines) is 1. The van der Waals surface area contributed by atoms with Crippen LogP contribution in [0.2, 0.25) is 0 Å². The van der Waals surface area contributed by atoms with Gasteiger partial charge in [-0.05, 0) is 74.6 Å². The van der Waals surface area contributed by atoms with Gasteiger partial charge in [-0.3, -0.25) is 0 Å². The number of fused-ring (bicyclic) bond motifs is 2. The lowest BCUT2D eigenvalue weighted by Gasteiger charge is -2.40. The van der Waals surface area contributed by atoms with Crippen LogP contribution in [0.25, 0.3) is 0 Å². The van der Waals surface area contributed by atoms with Crippen molar-refractivity contribution < 1.29 is 8.42 Å². The number of sulfonamides is 1. The lowest BCUT2D eigenvalue weighted by Crippen LogP contribution is -2.42. The van der Waals surface area contributed by atoms with Crippen molar-refractivity contribution in [2.75, 3.05) is 25.4 Å². The second-order valence-corrected chi connectivity index (χ2v) is 9.93. The summed E-state index contributed by atoms with van der Waals surface area (Å²) < 4.78 is 27.1. The van der Waals surface area contributed by atoms with Gasteiger partial charge in [0.15, 0.2) is 0 Å². The van der Waals surface area contributed by atoms with E-state index in [0.29, 0.717) is 0 Å². The summed E-state index contributed by atoms with van der Waals surface area (Å²) in [7, 11) is -3.18. The van der Waals surface area contributed by atoms with Gasteiger partial charge in [-0.25, -0.2) is 13.1 Å². The van der Waals surface area contributed by atoms with Gasteiger partial charge < -0.3 is 4.90 Å². The molecule has 4 rings (SSSR count). The Hall–Kier alpha value is -0.910. The molecule has 2 fully saturated rings. The maximum absolute atomic E-state index is 12.1. The van der Waals surface area contributed by atoms with Crippen molar-refractivity contribution in [2.24, 2.45) is 5.92 Å². The molecule has 1 aromatic rings. The van der Waals surface area contributed by atoms with Crippen molar-refractivity contribution in [1.82, 2.24) is 9.62 Å². The molecule has 3 aliphatic rings. The van der Waals surface area contributed by atoms with Gasteiger partial charge in [-0.15, -0.1) is 0 Å². The van der Waals surface area contributed by atoms with E-state index in [9.17, 15) is 8.42 Å². The van der Waals surface area contributed by atoms with Gasteiger partial charge in [0, 0.05) is 12.6 Å². The molecular weight excluding hydrogens is 320 g/mol. The van der Waals surface area contributed by atoms with Gasteiger partial charge in [-0.1, -0.05) is 24.3 Å². The highest BCUT2D eigenvalue weighted by atomic mass is 32.2. The molecule has 1 heterocycles. The summed E-state index contributed by atoms with van der Waals surface area (Å²) in [5, 5.41) is 0. The van der Waals surface area contributed by atoms with E-state index >= 15 is 0 Å². The zero-order chi connectivity index (χ0) is 16.8. The molecular formula is C19H28N2O2S. The van der Waals surface area contributed by atoms with Crippen LogP contribution in [0.15, 0.2) is 24.3 Å². The molecule has 1 spiro atoms. The molecule has 0 bridgehead atoms. The SMILES string of the molecule is CCS(=O)(=O)NC1CC2(CCN(CC3CC3)CC2)c2ccccc21. The quantitative estimate of drug-likeness (QED) is 0.890. The van der Waals surface area contributed by atoms with Gasteiger partial charge in [-0.2, -0.15) is 0 Å². The molecule has 5 heteroatoms. The number of hydrogen-bond acceptors (Lipinski definition) is 3. The molecule has 1 saturated carbocycles. The highest BCUT2D eigenvalue weighted by Gasteiger charge is 2.46. The molecule has 24 heavy (non-hydrogen) atoms. The summed E-state index contributed by atoms with van der Waals surface area (Å²) in [5.74, 6) is 1.09. The summed E-state index contributed by atoms with van der Waals surface area (Å²) in [6.07, 6.45) is 6.04. The number of hydrogen-bond donors (Lipinski definition) is 1. The maximum Gasteiger partial charge on any atom is 0.211 e. The second-order valence-electron chi connectivity index (χ2n) is 7.89. The van der Waals surface area contributed by atoms with E-state index in [-0.39, 0.29) is 17.2 Å². The van der Waals surface area contributed by atoms with Crippen LogP contribution in [0.3, 0.4) is 0 Å². The number of nitrogens with zero attached hydrogens (tertiary/aromatic N) is 1. The Morgan fingerprint density at radius 3 is 2.58 bits per heavy atom. The molecule has 1 N–H and O–H groups in total. The lowest BCUT2D eigenvalue weighted by atomic mass is 9.73. The largest absolute Gasteiger partial charge is 0.303 e. The summed E-state index contributed by atoms with van der Waals surface area (Å²) in [6.45, 7) is 5.27. The fourth-order valence-electron chi connectivity index (χ4n) is 4.60. The van der Waals surface area contributed by atoms with Crippen LogP contribution >= 0.6 is 0 Å². The Bertz CT molecular complexity index is 704. The molecule has 2 aliphatic carbocycles. The first-order valence-electron chi connectivity index (χ1n) is 9.33. The summed E-state index contributed by atoms with van der Waals surface area (Å²) in [4.78, 5) is 2.62. The fourth-order valence-corrected chi connectivity index (χ4v) is 5.41. The predicted octanol–water partition coefficient (Wildman–Crippen LogP) is 2.81. The smallest absolute Gasteiger partial charge is 0.211 e. The molecule has 1 aliphatic heterocycles. The zero-order valence-electron chi connectivity index (χ0n) is 14.5. The predicted molar refractivity (Wildman–Crippen MR) is 96.5 cm³/mol. The van der Waals surface area contributed by atoms with Crippen LogP contribution in [-0.2, 0) is 15.4 Å². The molecule has 1 aromatic carbocycles. The summed E-state index contributed by atoms with van der Waals surface area (Å²) in [5.41, 5.74) is 2.75. The monoisotopic (exact) mass is 348 g/mol. The molecule has 0 amide bonds. The van der Waals surface area contributed by atoms with Crippen LogP contribution < -0.4 is 4.72 Å². The van der Waals surface area contributed by atoms with Gasteiger partial charge in [0.05, 0.1) is 5.75 Å². The maximum atomic E-state index is 12.1. The normalized spacial score (nSPS) is 26.6. The number of nitrogens with one attached hydrogen (secondary N) is 1. The minimum absolute atomic E-state index is 0.0545. The van der Waals surface area contributed by atoms with Crippen LogP contribution in [0.1, 0.15) is 56.2 Å². The van der Waals surface area contributed by atoms with Crippen molar-refractivity contribution in [3.63, 3.8) is 0 Å². The topological polar surface area (TPSA) is 49.4 Å². The highest BCUT2D eigenvalue weighted by molar-refractivity contribution is 7.89. The van der Waals surface area contributed by atoms with Crippen molar-refractivity contribution in [3.8, 4) is 0 Å². The van der Waals surface area contributed by atoms with E-state index in [4.69, 9.17) is 0 Å². The molecule has 0 radical (unpaired) electrons. The minimum atomic E-state index is -3.18. The van der Waals surface area contributed by atoms with Crippen molar-refractivity contribution in [1.29, 1.82) is 0 Å². The number of rotatable bonds is 5. The Kier molecular flexibility index (Phi) is 4.22. The van der Waals surface area contributed by atoms with E-state index in [1.165, 1.54) is 30.5 Å². The zero-order valence-corrected chi connectivity index (χ0v) is 15.3. The first kappa shape index (κ1) is 16.6. The van der Waals surface area contributed by atoms with Gasteiger partial charge in [0.1, 0.15) is 0 Å². The van der Waals surface area contributed by atoms with Crippen molar-refractivity contribution >= 4 is 10.0 Å². The third kappa shape index (κ3) is 3.14. The third-order valence-corrected chi connectivity index (χ3v) is 7.63. The first-order valence-corrected chi connectivity index (χ1v) is 11.0. The average Bonchev–Trinajstić information content (AvgIpc) is 3.35. The molecule has 1 saturated heterocycles. The van der Waals surface area contributed by atoms with E-state index in [0.717, 1.165) is 38.3 Å².